The molecule has 1 aliphatic carbocycles. The van der Waals surface area contributed by atoms with E-state index < -0.39 is 0 Å². The first kappa shape index (κ1) is 4.77. The smallest absolute Gasteiger partial charge is 0.0221 e. The first-order chi connectivity index (χ1) is 3.92. The first-order valence-electron chi connectivity index (χ1n) is 3.35. The Morgan fingerprint density at radius 1 is 1.62 bits per heavy atom. The van der Waals surface area contributed by atoms with E-state index in [1.54, 1.807) is 0 Å². The second kappa shape index (κ2) is 1.45. The molecule has 3 atom stereocenters. The molecule has 2 aliphatic rings. The molecule has 0 radical (unpaired) electrons. The highest BCUT2D eigenvalue weighted by Gasteiger charge is 2.46. The number of nitrogens with one attached hydrogen (secondary N) is 1. The average molecular weight is 112 g/mol. The van der Waals surface area contributed by atoms with Gasteiger partial charge in [0.15, 0.2) is 0 Å². The minimum atomic E-state index is 0.667. The van der Waals surface area contributed by atoms with Crippen LogP contribution in [0.25, 0.3) is 0 Å². The maximum Gasteiger partial charge on any atom is 0.0221 e. The molecule has 1 aliphatic heterocycles. The highest BCUT2D eigenvalue weighted by molar-refractivity contribution is 5.02. The summed E-state index contributed by atoms with van der Waals surface area (Å²) in [4.78, 5) is 0. The number of nitrogens with two attached hydrogens (primary N) is 1. The van der Waals surface area contributed by atoms with E-state index in [4.69, 9.17) is 5.73 Å². The van der Waals surface area contributed by atoms with Crippen LogP contribution in [0.5, 0.6) is 0 Å². The van der Waals surface area contributed by atoms with Gasteiger partial charge in [-0.3, -0.25) is 0 Å². The van der Waals surface area contributed by atoms with Crippen molar-refractivity contribution >= 4 is 0 Å². The molecule has 8 heavy (non-hydrogen) atoms. The zero-order valence-corrected chi connectivity index (χ0v) is 4.93. The van der Waals surface area contributed by atoms with Crippen LogP contribution in [0.3, 0.4) is 0 Å². The van der Waals surface area contributed by atoms with Gasteiger partial charge in [0.1, 0.15) is 0 Å². The van der Waals surface area contributed by atoms with Gasteiger partial charge >= 0.3 is 0 Å². The summed E-state index contributed by atoms with van der Waals surface area (Å²) in [5.74, 6) is 1.96. The molecule has 0 bridgehead atoms. The molecule has 0 amide bonds. The Balaban J connectivity index is 1.97. The lowest BCUT2D eigenvalue weighted by Gasteiger charge is -2.07. The van der Waals surface area contributed by atoms with Crippen molar-refractivity contribution in [3.63, 3.8) is 0 Å². The number of piperidine rings is 1. The van der Waals surface area contributed by atoms with Crippen LogP contribution in [0.15, 0.2) is 0 Å². The quantitative estimate of drug-likeness (QED) is 0.482. The summed E-state index contributed by atoms with van der Waals surface area (Å²) in [5, 5.41) is 3.38. The van der Waals surface area contributed by atoms with Crippen molar-refractivity contribution in [2.45, 2.75) is 12.5 Å². The van der Waals surface area contributed by atoms with E-state index in [0.29, 0.717) is 6.04 Å². The molecule has 1 saturated carbocycles. The number of hydrogen-bond acceptors (Lipinski definition) is 2. The molecule has 1 saturated heterocycles. The van der Waals surface area contributed by atoms with Gasteiger partial charge in [-0.05, 0) is 24.8 Å². The molecule has 0 spiro atoms. The zero-order chi connectivity index (χ0) is 5.56. The van der Waals surface area contributed by atoms with Crippen molar-refractivity contribution < 1.29 is 0 Å². The Kier molecular flexibility index (Phi) is 0.866. The second-order valence-corrected chi connectivity index (χ2v) is 2.91. The molecule has 2 fully saturated rings. The molecule has 46 valence electrons. The van der Waals surface area contributed by atoms with Gasteiger partial charge in [-0.2, -0.15) is 0 Å². The standard InChI is InChI=1S/C6H12N2/c7-2-6-5-1-4(5)3-8-6/h4-6,8H,1-3,7H2/t4?,5-,6+/m0/s1. The van der Waals surface area contributed by atoms with Crippen molar-refractivity contribution in [1.82, 2.24) is 5.32 Å². The minimum Gasteiger partial charge on any atom is -0.329 e. The zero-order valence-electron chi connectivity index (χ0n) is 4.93. The Bertz CT molecular complexity index is 103. The van der Waals surface area contributed by atoms with E-state index in [-0.39, 0.29) is 0 Å². The highest BCUT2D eigenvalue weighted by Crippen LogP contribution is 2.44. The van der Waals surface area contributed by atoms with Crippen LogP contribution in [0, 0.1) is 11.8 Å². The Morgan fingerprint density at radius 3 is 2.75 bits per heavy atom. The Labute approximate surface area is 49.4 Å². The van der Waals surface area contributed by atoms with Crippen molar-refractivity contribution in [1.29, 1.82) is 0 Å². The van der Waals surface area contributed by atoms with E-state index in [9.17, 15) is 0 Å². The molecule has 1 heterocycles. The molecular formula is C6H12N2. The van der Waals surface area contributed by atoms with Gasteiger partial charge in [0, 0.05) is 12.6 Å². The summed E-state index contributed by atoms with van der Waals surface area (Å²) >= 11 is 0. The van der Waals surface area contributed by atoms with E-state index in [1.165, 1.54) is 13.0 Å². The van der Waals surface area contributed by atoms with Gasteiger partial charge in [-0.1, -0.05) is 0 Å². The summed E-state index contributed by atoms with van der Waals surface area (Å²) < 4.78 is 0. The number of fused-ring (bicyclic) bond motifs is 1. The van der Waals surface area contributed by atoms with E-state index in [2.05, 4.69) is 5.32 Å². The molecular weight excluding hydrogens is 100 g/mol. The molecule has 0 aromatic heterocycles. The summed E-state index contributed by atoms with van der Waals surface area (Å²) in [6.45, 7) is 2.06. The molecule has 2 rings (SSSR count). The van der Waals surface area contributed by atoms with Crippen LogP contribution in [0.2, 0.25) is 0 Å². The Hall–Kier alpha value is -0.0800. The first-order valence-corrected chi connectivity index (χ1v) is 3.35. The SMILES string of the molecule is NC[C@H]1NCC2C[C@@H]21. The summed E-state index contributed by atoms with van der Waals surface area (Å²) in [6.07, 6.45) is 1.44. The van der Waals surface area contributed by atoms with E-state index in [0.717, 1.165) is 18.4 Å². The average Bonchev–Trinajstić information content (AvgIpc) is 2.46. The molecule has 0 aromatic rings. The molecule has 0 aromatic carbocycles. The van der Waals surface area contributed by atoms with Crippen molar-refractivity contribution in [3.05, 3.63) is 0 Å². The minimum absolute atomic E-state index is 0.667. The monoisotopic (exact) mass is 112 g/mol. The van der Waals surface area contributed by atoms with Gasteiger partial charge in [-0.15, -0.1) is 0 Å². The van der Waals surface area contributed by atoms with Crippen LogP contribution < -0.4 is 11.1 Å². The summed E-state index contributed by atoms with van der Waals surface area (Å²) in [6, 6.07) is 0.667. The normalized spacial score (nSPS) is 51.4. The van der Waals surface area contributed by atoms with Crippen molar-refractivity contribution in [2.24, 2.45) is 17.6 Å². The third-order valence-corrected chi connectivity index (χ3v) is 2.39. The lowest BCUT2D eigenvalue weighted by atomic mass is 10.2. The van der Waals surface area contributed by atoms with E-state index in [1.807, 2.05) is 0 Å². The van der Waals surface area contributed by atoms with E-state index >= 15 is 0 Å². The predicted octanol–water partition coefficient (Wildman–Crippen LogP) is -0.447. The van der Waals surface area contributed by atoms with Gasteiger partial charge in [0.2, 0.25) is 0 Å². The lowest BCUT2D eigenvalue weighted by Crippen LogP contribution is -2.33. The fraction of sp³-hybridized carbons (Fsp3) is 1.00. The van der Waals surface area contributed by atoms with Crippen molar-refractivity contribution in [2.75, 3.05) is 13.1 Å². The largest absolute Gasteiger partial charge is 0.329 e. The third-order valence-electron chi connectivity index (χ3n) is 2.39. The third kappa shape index (κ3) is 0.501. The molecule has 3 N–H and O–H groups in total. The maximum absolute atomic E-state index is 5.49. The summed E-state index contributed by atoms with van der Waals surface area (Å²) in [7, 11) is 0. The Morgan fingerprint density at radius 2 is 2.50 bits per heavy atom. The second-order valence-electron chi connectivity index (χ2n) is 2.91. The van der Waals surface area contributed by atoms with Crippen LogP contribution in [-0.2, 0) is 0 Å². The van der Waals surface area contributed by atoms with Crippen LogP contribution >= 0.6 is 0 Å². The lowest BCUT2D eigenvalue weighted by molar-refractivity contribution is 0.543. The number of rotatable bonds is 1. The van der Waals surface area contributed by atoms with Crippen LogP contribution in [-0.4, -0.2) is 19.1 Å². The number of hydrogen-bond donors (Lipinski definition) is 2. The molecule has 2 nitrogen and oxygen atoms in total. The van der Waals surface area contributed by atoms with Gasteiger partial charge < -0.3 is 11.1 Å². The summed E-state index contributed by atoms with van der Waals surface area (Å²) in [5.41, 5.74) is 5.49. The predicted molar refractivity (Wildman–Crippen MR) is 32.4 cm³/mol. The fourth-order valence-corrected chi connectivity index (χ4v) is 1.71. The van der Waals surface area contributed by atoms with Crippen molar-refractivity contribution in [3.8, 4) is 0 Å². The fourth-order valence-electron chi connectivity index (χ4n) is 1.71. The molecule has 2 heteroatoms. The van der Waals surface area contributed by atoms with Crippen LogP contribution in [0.4, 0.5) is 0 Å². The highest BCUT2D eigenvalue weighted by atomic mass is 15.0. The van der Waals surface area contributed by atoms with Crippen LogP contribution in [0.1, 0.15) is 6.42 Å². The molecule has 1 unspecified atom stereocenters. The topological polar surface area (TPSA) is 38.0 Å². The maximum atomic E-state index is 5.49. The van der Waals surface area contributed by atoms with Gasteiger partial charge in [0.25, 0.3) is 0 Å². The van der Waals surface area contributed by atoms with Gasteiger partial charge in [0.05, 0.1) is 0 Å². The van der Waals surface area contributed by atoms with Gasteiger partial charge in [-0.25, -0.2) is 0 Å².